The van der Waals surface area contributed by atoms with E-state index in [4.69, 9.17) is 11.6 Å². The maximum atomic E-state index is 12.7. The fourth-order valence-electron chi connectivity index (χ4n) is 2.23. The van der Waals surface area contributed by atoms with Crippen LogP contribution in [0.4, 0.5) is 5.69 Å². The summed E-state index contributed by atoms with van der Waals surface area (Å²) in [5.74, 6) is 0. The number of hydrogen-bond acceptors (Lipinski definition) is 3. The molecular formula is C15H17ClN2O2S. The van der Waals surface area contributed by atoms with Crippen LogP contribution in [-0.2, 0) is 10.0 Å². The number of rotatable bonds is 3. The highest BCUT2D eigenvalue weighted by Crippen LogP contribution is 2.29. The van der Waals surface area contributed by atoms with E-state index in [1.165, 1.54) is 12.4 Å². The third-order valence-corrected chi connectivity index (χ3v) is 5.55. The van der Waals surface area contributed by atoms with E-state index in [2.05, 4.69) is 9.71 Å². The molecule has 0 aliphatic heterocycles. The fourth-order valence-corrected chi connectivity index (χ4v) is 4.12. The first-order chi connectivity index (χ1) is 9.74. The summed E-state index contributed by atoms with van der Waals surface area (Å²) < 4.78 is 27.9. The fraction of sp³-hybridized carbons (Fsp3) is 0.267. The molecule has 1 aromatic heterocycles. The van der Waals surface area contributed by atoms with Crippen molar-refractivity contribution in [3.63, 3.8) is 0 Å². The van der Waals surface area contributed by atoms with Gasteiger partial charge in [-0.05, 0) is 56.0 Å². The number of halogens is 1. The summed E-state index contributed by atoms with van der Waals surface area (Å²) in [5, 5.41) is 0.313. The van der Waals surface area contributed by atoms with Gasteiger partial charge in [0.2, 0.25) is 0 Å². The van der Waals surface area contributed by atoms with E-state index < -0.39 is 10.0 Å². The van der Waals surface area contributed by atoms with Crippen LogP contribution in [0.3, 0.4) is 0 Å². The average Bonchev–Trinajstić information content (AvgIpc) is 2.39. The Labute approximate surface area is 130 Å². The number of benzene rings is 1. The summed E-state index contributed by atoms with van der Waals surface area (Å²) in [7, 11) is -3.72. The number of anilines is 1. The van der Waals surface area contributed by atoms with Crippen molar-refractivity contribution in [2.75, 3.05) is 4.72 Å². The first-order valence-electron chi connectivity index (χ1n) is 6.43. The molecule has 1 N–H and O–H groups in total. The van der Waals surface area contributed by atoms with Gasteiger partial charge in [0, 0.05) is 6.20 Å². The molecule has 0 fully saturated rings. The van der Waals surface area contributed by atoms with E-state index in [0.29, 0.717) is 9.92 Å². The van der Waals surface area contributed by atoms with Crippen LogP contribution in [0.25, 0.3) is 0 Å². The zero-order valence-electron chi connectivity index (χ0n) is 12.4. The first-order valence-corrected chi connectivity index (χ1v) is 8.30. The Morgan fingerprint density at radius 3 is 2.19 bits per heavy atom. The maximum absolute atomic E-state index is 12.7. The standard InChI is InChI=1S/C15H17ClN2O2S/c1-9-7-10(2)12(4)15(11(9)3)21(19,20)18-14-8-17-6-5-13(14)16/h5-8,18H,1-4H3. The van der Waals surface area contributed by atoms with Crippen molar-refractivity contribution in [2.45, 2.75) is 32.6 Å². The summed E-state index contributed by atoms with van der Waals surface area (Å²) >= 11 is 5.99. The minimum Gasteiger partial charge on any atom is -0.277 e. The van der Waals surface area contributed by atoms with Gasteiger partial charge in [-0.1, -0.05) is 17.7 Å². The summed E-state index contributed by atoms with van der Waals surface area (Å²) in [6.45, 7) is 7.41. The van der Waals surface area contributed by atoms with Gasteiger partial charge in [0.1, 0.15) is 0 Å². The largest absolute Gasteiger partial charge is 0.277 e. The molecule has 0 aliphatic rings. The monoisotopic (exact) mass is 324 g/mol. The average molecular weight is 325 g/mol. The molecule has 0 amide bonds. The predicted octanol–water partition coefficient (Wildman–Crippen LogP) is 3.77. The molecule has 4 nitrogen and oxygen atoms in total. The smallest absolute Gasteiger partial charge is 0.262 e. The van der Waals surface area contributed by atoms with E-state index in [1.807, 2.05) is 19.9 Å². The van der Waals surface area contributed by atoms with Gasteiger partial charge in [-0.15, -0.1) is 0 Å². The van der Waals surface area contributed by atoms with E-state index in [-0.39, 0.29) is 5.69 Å². The predicted molar refractivity (Wildman–Crippen MR) is 85.4 cm³/mol. The highest BCUT2D eigenvalue weighted by atomic mass is 35.5. The van der Waals surface area contributed by atoms with Crippen molar-refractivity contribution in [1.29, 1.82) is 0 Å². The second-order valence-electron chi connectivity index (χ2n) is 5.05. The Morgan fingerprint density at radius 1 is 1.10 bits per heavy atom. The van der Waals surface area contributed by atoms with Gasteiger partial charge in [0.05, 0.1) is 21.8 Å². The molecule has 0 aliphatic carbocycles. The van der Waals surface area contributed by atoms with E-state index in [0.717, 1.165) is 22.3 Å². The van der Waals surface area contributed by atoms with Crippen LogP contribution < -0.4 is 4.72 Å². The maximum Gasteiger partial charge on any atom is 0.262 e. The van der Waals surface area contributed by atoms with E-state index in [9.17, 15) is 8.42 Å². The van der Waals surface area contributed by atoms with Gasteiger partial charge < -0.3 is 0 Å². The Hall–Kier alpha value is -1.59. The van der Waals surface area contributed by atoms with Crippen molar-refractivity contribution in [1.82, 2.24) is 4.98 Å². The summed E-state index contributed by atoms with van der Waals surface area (Å²) in [6, 6.07) is 3.53. The molecule has 0 radical (unpaired) electrons. The molecule has 0 atom stereocenters. The normalized spacial score (nSPS) is 11.5. The SMILES string of the molecule is Cc1cc(C)c(C)c(S(=O)(=O)Nc2cnccc2Cl)c1C. The van der Waals surface area contributed by atoms with Gasteiger partial charge in [-0.2, -0.15) is 0 Å². The van der Waals surface area contributed by atoms with Gasteiger partial charge in [-0.3, -0.25) is 9.71 Å². The van der Waals surface area contributed by atoms with E-state index in [1.54, 1.807) is 19.9 Å². The van der Waals surface area contributed by atoms with E-state index >= 15 is 0 Å². The molecular weight excluding hydrogens is 308 g/mol. The second kappa shape index (κ2) is 5.66. The quantitative estimate of drug-likeness (QED) is 0.935. The van der Waals surface area contributed by atoms with Gasteiger partial charge in [0.15, 0.2) is 0 Å². The third kappa shape index (κ3) is 3.04. The number of hydrogen-bond donors (Lipinski definition) is 1. The Bertz CT molecular complexity index is 775. The Balaban J connectivity index is 2.58. The van der Waals surface area contributed by atoms with Gasteiger partial charge in [0.25, 0.3) is 10.0 Å². The highest BCUT2D eigenvalue weighted by Gasteiger charge is 2.22. The second-order valence-corrected chi connectivity index (χ2v) is 7.08. The lowest BCUT2D eigenvalue weighted by Crippen LogP contribution is -2.17. The third-order valence-electron chi connectivity index (χ3n) is 3.58. The molecule has 0 saturated heterocycles. The zero-order chi connectivity index (χ0) is 15.8. The van der Waals surface area contributed by atoms with Crippen LogP contribution in [0.15, 0.2) is 29.4 Å². The topological polar surface area (TPSA) is 59.1 Å². The number of sulfonamides is 1. The molecule has 21 heavy (non-hydrogen) atoms. The Kier molecular flexibility index (Phi) is 4.25. The van der Waals surface area contributed by atoms with Gasteiger partial charge in [-0.25, -0.2) is 8.42 Å². The number of nitrogens with one attached hydrogen (secondary N) is 1. The first kappa shape index (κ1) is 15.8. The summed E-state index contributed by atoms with van der Waals surface area (Å²) in [5.41, 5.74) is 3.64. The van der Waals surface area contributed by atoms with Crippen LogP contribution in [0.2, 0.25) is 5.02 Å². The van der Waals surface area contributed by atoms with Crippen LogP contribution in [0.5, 0.6) is 0 Å². The molecule has 2 aromatic rings. The van der Waals surface area contributed by atoms with Crippen LogP contribution >= 0.6 is 11.6 Å². The lowest BCUT2D eigenvalue weighted by Gasteiger charge is -2.17. The lowest BCUT2D eigenvalue weighted by molar-refractivity contribution is 0.599. The number of pyridine rings is 1. The number of nitrogens with zero attached hydrogens (tertiary/aromatic N) is 1. The highest BCUT2D eigenvalue weighted by molar-refractivity contribution is 7.92. The molecule has 1 aromatic carbocycles. The Morgan fingerprint density at radius 2 is 1.67 bits per heavy atom. The molecule has 0 saturated carbocycles. The molecule has 0 bridgehead atoms. The summed E-state index contributed by atoms with van der Waals surface area (Å²) in [6.07, 6.45) is 2.90. The number of aryl methyl sites for hydroxylation is 2. The molecule has 112 valence electrons. The minimum absolute atomic E-state index is 0.275. The van der Waals surface area contributed by atoms with Crippen LogP contribution in [-0.4, -0.2) is 13.4 Å². The molecule has 0 spiro atoms. The zero-order valence-corrected chi connectivity index (χ0v) is 13.9. The van der Waals surface area contributed by atoms with Crippen molar-refractivity contribution >= 4 is 27.3 Å². The summed E-state index contributed by atoms with van der Waals surface area (Å²) in [4.78, 5) is 4.20. The van der Waals surface area contributed by atoms with Crippen molar-refractivity contribution in [3.8, 4) is 0 Å². The minimum atomic E-state index is -3.72. The molecule has 1 heterocycles. The number of aromatic nitrogens is 1. The van der Waals surface area contributed by atoms with Gasteiger partial charge >= 0.3 is 0 Å². The van der Waals surface area contributed by atoms with Crippen molar-refractivity contribution in [3.05, 3.63) is 51.8 Å². The molecule has 6 heteroatoms. The van der Waals surface area contributed by atoms with Crippen molar-refractivity contribution in [2.24, 2.45) is 0 Å². The lowest BCUT2D eigenvalue weighted by atomic mass is 10.0. The molecule has 2 rings (SSSR count). The molecule has 0 unspecified atom stereocenters. The van der Waals surface area contributed by atoms with Crippen LogP contribution in [0.1, 0.15) is 22.3 Å². The van der Waals surface area contributed by atoms with Crippen LogP contribution in [0, 0.1) is 27.7 Å². The van der Waals surface area contributed by atoms with Crippen molar-refractivity contribution < 1.29 is 8.42 Å².